The number of hydrogen-bond donors (Lipinski definition) is 2. The van der Waals surface area contributed by atoms with Crippen LogP contribution >= 0.6 is 0 Å². The molecule has 27 heavy (non-hydrogen) atoms. The van der Waals surface area contributed by atoms with Gasteiger partial charge in [0.1, 0.15) is 5.52 Å². The van der Waals surface area contributed by atoms with Gasteiger partial charge >= 0.3 is 0 Å². The fraction of sp³-hybridized carbons (Fsp3) is 0.286. The van der Waals surface area contributed by atoms with Gasteiger partial charge in [0.25, 0.3) is 5.56 Å². The highest BCUT2D eigenvalue weighted by atomic mass is 16.1. The Bertz CT molecular complexity index is 1170. The third kappa shape index (κ3) is 3.07. The van der Waals surface area contributed by atoms with Crippen LogP contribution in [0.4, 0.5) is 5.95 Å². The SMILES string of the molecule is CCCc1nn(C)c2c(=O)[nH]c(NC(C)c3cccc4ccccc34)nc12. The predicted molar refractivity (Wildman–Crippen MR) is 109 cm³/mol. The van der Waals surface area contributed by atoms with E-state index < -0.39 is 0 Å². The lowest BCUT2D eigenvalue weighted by atomic mass is 10.00. The molecule has 4 aromatic rings. The van der Waals surface area contributed by atoms with Crippen molar-refractivity contribution < 1.29 is 0 Å². The van der Waals surface area contributed by atoms with Gasteiger partial charge in [0.2, 0.25) is 5.95 Å². The molecule has 0 aliphatic carbocycles. The van der Waals surface area contributed by atoms with Gasteiger partial charge in [-0.15, -0.1) is 0 Å². The van der Waals surface area contributed by atoms with Crippen LogP contribution in [0.5, 0.6) is 0 Å². The molecule has 0 spiro atoms. The van der Waals surface area contributed by atoms with Gasteiger partial charge in [-0.3, -0.25) is 14.5 Å². The highest BCUT2D eigenvalue weighted by Crippen LogP contribution is 2.26. The second kappa shape index (κ2) is 6.87. The Morgan fingerprint density at radius 2 is 1.96 bits per heavy atom. The van der Waals surface area contributed by atoms with Crippen molar-refractivity contribution in [3.05, 3.63) is 64.1 Å². The minimum Gasteiger partial charge on any atom is -0.349 e. The lowest BCUT2D eigenvalue weighted by Gasteiger charge is -2.17. The number of hydrogen-bond acceptors (Lipinski definition) is 4. The number of fused-ring (bicyclic) bond motifs is 2. The first-order valence-electron chi connectivity index (χ1n) is 9.28. The van der Waals surface area contributed by atoms with E-state index in [9.17, 15) is 4.79 Å². The molecule has 138 valence electrons. The first kappa shape index (κ1) is 17.3. The van der Waals surface area contributed by atoms with E-state index in [0.29, 0.717) is 17.0 Å². The summed E-state index contributed by atoms with van der Waals surface area (Å²) in [5.74, 6) is 0.471. The zero-order chi connectivity index (χ0) is 19.0. The summed E-state index contributed by atoms with van der Waals surface area (Å²) in [6.07, 6.45) is 1.75. The van der Waals surface area contributed by atoms with Crippen molar-refractivity contribution in [2.75, 3.05) is 5.32 Å². The standard InChI is InChI=1S/C21H23N5O/c1-4-8-17-18-19(26(3)25-17)20(27)24-21(23-18)22-13(2)15-12-7-10-14-9-5-6-11-16(14)15/h5-7,9-13H,4,8H2,1-3H3,(H2,22,23,24,27). The fourth-order valence-corrected chi connectivity index (χ4v) is 3.63. The smallest absolute Gasteiger partial charge is 0.278 e. The third-order valence-electron chi connectivity index (χ3n) is 4.89. The highest BCUT2D eigenvalue weighted by molar-refractivity contribution is 5.86. The number of nitrogens with zero attached hydrogens (tertiary/aromatic N) is 3. The molecule has 0 amide bonds. The number of nitrogens with one attached hydrogen (secondary N) is 2. The monoisotopic (exact) mass is 361 g/mol. The lowest BCUT2D eigenvalue weighted by Crippen LogP contribution is -2.17. The van der Waals surface area contributed by atoms with Gasteiger partial charge in [-0.25, -0.2) is 4.98 Å². The van der Waals surface area contributed by atoms with E-state index in [1.807, 2.05) is 12.1 Å². The summed E-state index contributed by atoms with van der Waals surface area (Å²) in [5.41, 5.74) is 3.04. The molecule has 2 aromatic heterocycles. The van der Waals surface area contributed by atoms with E-state index in [1.54, 1.807) is 11.7 Å². The number of H-pyrrole nitrogens is 1. The molecule has 0 fully saturated rings. The van der Waals surface area contributed by atoms with E-state index in [0.717, 1.165) is 24.1 Å². The first-order chi connectivity index (χ1) is 13.1. The topological polar surface area (TPSA) is 75.6 Å². The largest absolute Gasteiger partial charge is 0.349 e. The molecule has 6 heteroatoms. The summed E-state index contributed by atoms with van der Waals surface area (Å²) in [7, 11) is 1.78. The van der Waals surface area contributed by atoms with Gasteiger partial charge in [0.05, 0.1) is 11.7 Å². The Hall–Kier alpha value is -3.15. The van der Waals surface area contributed by atoms with Crippen LogP contribution < -0.4 is 10.9 Å². The normalized spacial score (nSPS) is 12.6. The number of aromatic nitrogens is 4. The van der Waals surface area contributed by atoms with Crippen LogP contribution in [-0.2, 0) is 13.5 Å². The van der Waals surface area contributed by atoms with Crippen LogP contribution in [-0.4, -0.2) is 19.7 Å². The van der Waals surface area contributed by atoms with E-state index in [-0.39, 0.29) is 11.6 Å². The molecule has 1 atom stereocenters. The van der Waals surface area contributed by atoms with Crippen molar-refractivity contribution in [1.29, 1.82) is 0 Å². The molecule has 0 aliphatic heterocycles. The van der Waals surface area contributed by atoms with Crippen molar-refractivity contribution in [2.24, 2.45) is 7.05 Å². The summed E-state index contributed by atoms with van der Waals surface area (Å²) >= 11 is 0. The molecule has 4 rings (SSSR count). The van der Waals surface area contributed by atoms with Crippen molar-refractivity contribution in [1.82, 2.24) is 19.7 Å². The maximum atomic E-state index is 12.6. The van der Waals surface area contributed by atoms with Crippen molar-refractivity contribution in [3.8, 4) is 0 Å². The average molecular weight is 361 g/mol. The van der Waals surface area contributed by atoms with Gasteiger partial charge < -0.3 is 5.32 Å². The number of anilines is 1. The Kier molecular flexibility index (Phi) is 4.39. The minimum absolute atomic E-state index is 0.0111. The van der Waals surface area contributed by atoms with Crippen molar-refractivity contribution in [2.45, 2.75) is 32.7 Å². The zero-order valence-electron chi connectivity index (χ0n) is 15.8. The molecule has 2 heterocycles. The summed E-state index contributed by atoms with van der Waals surface area (Å²) in [6.45, 7) is 4.16. The van der Waals surface area contributed by atoms with Gasteiger partial charge in [-0.05, 0) is 29.7 Å². The Morgan fingerprint density at radius 3 is 2.78 bits per heavy atom. The van der Waals surface area contributed by atoms with Gasteiger partial charge in [0.15, 0.2) is 5.52 Å². The van der Waals surface area contributed by atoms with Crippen molar-refractivity contribution in [3.63, 3.8) is 0 Å². The molecular formula is C21H23N5O. The van der Waals surface area contributed by atoms with Gasteiger partial charge in [0, 0.05) is 7.05 Å². The molecule has 0 saturated carbocycles. The number of aryl methyl sites for hydroxylation is 2. The number of rotatable bonds is 5. The highest BCUT2D eigenvalue weighted by Gasteiger charge is 2.16. The number of aromatic amines is 1. The summed E-state index contributed by atoms with van der Waals surface area (Å²) in [4.78, 5) is 20.1. The van der Waals surface area contributed by atoms with Crippen LogP contribution in [0.2, 0.25) is 0 Å². The fourth-order valence-electron chi connectivity index (χ4n) is 3.63. The maximum Gasteiger partial charge on any atom is 0.278 e. The minimum atomic E-state index is -0.176. The molecule has 2 aromatic carbocycles. The lowest BCUT2D eigenvalue weighted by molar-refractivity contribution is 0.750. The predicted octanol–water partition coefficient (Wildman–Crippen LogP) is 3.94. The quantitative estimate of drug-likeness (QED) is 0.565. The number of benzene rings is 2. The molecule has 2 N–H and O–H groups in total. The molecule has 1 unspecified atom stereocenters. The second-order valence-corrected chi connectivity index (χ2v) is 6.87. The van der Waals surface area contributed by atoms with Gasteiger partial charge in [-0.1, -0.05) is 55.8 Å². The summed E-state index contributed by atoms with van der Waals surface area (Å²) < 4.78 is 1.62. The summed E-state index contributed by atoms with van der Waals surface area (Å²) in [5, 5.41) is 10.2. The molecule has 0 radical (unpaired) electrons. The van der Waals surface area contributed by atoms with E-state index in [4.69, 9.17) is 0 Å². The van der Waals surface area contributed by atoms with Crippen molar-refractivity contribution >= 4 is 27.8 Å². The zero-order valence-corrected chi connectivity index (χ0v) is 15.8. The Balaban J connectivity index is 1.74. The van der Waals surface area contributed by atoms with E-state index in [2.05, 4.69) is 64.6 Å². The van der Waals surface area contributed by atoms with E-state index in [1.165, 1.54) is 10.8 Å². The molecule has 0 aliphatic rings. The van der Waals surface area contributed by atoms with Crippen LogP contribution in [0.25, 0.3) is 21.8 Å². The average Bonchev–Trinajstić information content (AvgIpc) is 2.97. The molecule has 6 nitrogen and oxygen atoms in total. The van der Waals surface area contributed by atoms with Crippen LogP contribution in [0.1, 0.15) is 37.6 Å². The van der Waals surface area contributed by atoms with Crippen LogP contribution in [0.15, 0.2) is 47.3 Å². The Morgan fingerprint density at radius 1 is 1.19 bits per heavy atom. The van der Waals surface area contributed by atoms with E-state index >= 15 is 0 Å². The molecular weight excluding hydrogens is 338 g/mol. The molecule has 0 saturated heterocycles. The van der Waals surface area contributed by atoms with Crippen LogP contribution in [0.3, 0.4) is 0 Å². The Labute approximate surface area is 157 Å². The van der Waals surface area contributed by atoms with Gasteiger partial charge in [-0.2, -0.15) is 5.10 Å². The molecule has 0 bridgehead atoms. The third-order valence-corrected chi connectivity index (χ3v) is 4.89. The van der Waals surface area contributed by atoms with Crippen LogP contribution in [0, 0.1) is 0 Å². The summed E-state index contributed by atoms with van der Waals surface area (Å²) in [6, 6.07) is 14.5. The first-order valence-corrected chi connectivity index (χ1v) is 9.28. The maximum absolute atomic E-state index is 12.6. The second-order valence-electron chi connectivity index (χ2n) is 6.87.